The standard InChI is InChI=1S/C22H29FN4O2S/c1-3-17-16-21(29)25(2)22(24-17)30-15-7-6-10-20(28)27-13-11-26(12-14-27)19-9-5-4-8-18(19)23/h4-5,8-9,16H,3,6-7,10-15H2,1-2H3. The third-order valence-corrected chi connectivity index (χ3v) is 6.47. The number of halogens is 1. The lowest BCUT2D eigenvalue weighted by atomic mass is 10.2. The fourth-order valence-electron chi connectivity index (χ4n) is 3.48. The number of carbonyl (C=O) groups excluding carboxylic acids is 1. The highest BCUT2D eigenvalue weighted by Crippen LogP contribution is 2.21. The monoisotopic (exact) mass is 432 g/mol. The molecular formula is C22H29FN4O2S. The third kappa shape index (κ3) is 5.62. The van der Waals surface area contributed by atoms with Gasteiger partial charge in [0.1, 0.15) is 5.82 Å². The van der Waals surface area contributed by atoms with Gasteiger partial charge in [0.2, 0.25) is 5.91 Å². The van der Waals surface area contributed by atoms with Crippen molar-refractivity contribution in [1.29, 1.82) is 0 Å². The van der Waals surface area contributed by atoms with Crippen molar-refractivity contribution >= 4 is 23.4 Å². The number of rotatable bonds is 8. The highest BCUT2D eigenvalue weighted by molar-refractivity contribution is 7.99. The Labute approximate surface area is 181 Å². The van der Waals surface area contributed by atoms with Gasteiger partial charge in [-0.1, -0.05) is 30.8 Å². The van der Waals surface area contributed by atoms with Gasteiger partial charge >= 0.3 is 0 Å². The van der Waals surface area contributed by atoms with E-state index in [4.69, 9.17) is 0 Å². The predicted octanol–water partition coefficient (Wildman–Crippen LogP) is 3.09. The van der Waals surface area contributed by atoms with Crippen LogP contribution in [-0.2, 0) is 18.3 Å². The van der Waals surface area contributed by atoms with Crippen LogP contribution >= 0.6 is 11.8 Å². The molecule has 1 amide bonds. The molecule has 2 aromatic rings. The lowest BCUT2D eigenvalue weighted by Crippen LogP contribution is -2.49. The van der Waals surface area contributed by atoms with Gasteiger partial charge < -0.3 is 9.80 Å². The number of benzene rings is 1. The second-order valence-corrected chi connectivity index (χ2v) is 8.47. The minimum absolute atomic E-state index is 0.0333. The molecule has 1 aromatic carbocycles. The molecule has 1 aliphatic rings. The van der Waals surface area contributed by atoms with Crippen molar-refractivity contribution in [3.8, 4) is 0 Å². The molecule has 3 rings (SSSR count). The minimum atomic E-state index is -0.216. The van der Waals surface area contributed by atoms with Gasteiger partial charge in [0.05, 0.1) is 5.69 Å². The quantitative estimate of drug-likeness (QED) is 0.365. The van der Waals surface area contributed by atoms with Crippen LogP contribution in [0.1, 0.15) is 31.9 Å². The fourth-order valence-corrected chi connectivity index (χ4v) is 4.48. The summed E-state index contributed by atoms with van der Waals surface area (Å²) in [6, 6.07) is 8.35. The Morgan fingerprint density at radius 3 is 2.60 bits per heavy atom. The van der Waals surface area contributed by atoms with Gasteiger partial charge in [-0.25, -0.2) is 9.37 Å². The maximum Gasteiger partial charge on any atom is 0.254 e. The Balaban J connectivity index is 1.38. The van der Waals surface area contributed by atoms with Gasteiger partial charge in [0.25, 0.3) is 5.56 Å². The third-order valence-electron chi connectivity index (χ3n) is 5.35. The number of hydrogen-bond acceptors (Lipinski definition) is 5. The first-order valence-electron chi connectivity index (χ1n) is 10.5. The first-order chi connectivity index (χ1) is 14.5. The molecule has 162 valence electrons. The summed E-state index contributed by atoms with van der Waals surface area (Å²) in [5.41, 5.74) is 1.39. The highest BCUT2D eigenvalue weighted by Gasteiger charge is 2.22. The van der Waals surface area contributed by atoms with Gasteiger partial charge in [-0.3, -0.25) is 14.2 Å². The molecule has 8 heteroatoms. The predicted molar refractivity (Wildman–Crippen MR) is 119 cm³/mol. The Morgan fingerprint density at radius 2 is 1.90 bits per heavy atom. The van der Waals surface area contributed by atoms with Crippen LogP contribution in [0.2, 0.25) is 0 Å². The summed E-state index contributed by atoms with van der Waals surface area (Å²) >= 11 is 1.56. The average Bonchev–Trinajstić information content (AvgIpc) is 2.76. The summed E-state index contributed by atoms with van der Waals surface area (Å²) < 4.78 is 15.5. The zero-order valence-corrected chi connectivity index (χ0v) is 18.5. The van der Waals surface area contributed by atoms with Crippen LogP contribution in [-0.4, -0.2) is 52.3 Å². The van der Waals surface area contributed by atoms with Gasteiger partial charge in [-0.15, -0.1) is 0 Å². The molecule has 0 unspecified atom stereocenters. The number of unbranched alkanes of at least 4 members (excludes halogenated alkanes) is 1. The molecule has 0 atom stereocenters. The van der Waals surface area contributed by atoms with Crippen LogP contribution < -0.4 is 10.5 Å². The van der Waals surface area contributed by atoms with Crippen molar-refractivity contribution in [3.63, 3.8) is 0 Å². The number of para-hydroxylation sites is 1. The molecule has 0 saturated carbocycles. The molecule has 0 radical (unpaired) electrons. The molecule has 0 spiro atoms. The second-order valence-electron chi connectivity index (χ2n) is 7.41. The second kappa shape index (κ2) is 10.6. The highest BCUT2D eigenvalue weighted by atomic mass is 32.2. The Bertz CT molecular complexity index is 926. The first kappa shape index (κ1) is 22.3. The summed E-state index contributed by atoms with van der Waals surface area (Å²) in [7, 11) is 1.74. The fraction of sp³-hybridized carbons (Fsp3) is 0.500. The minimum Gasteiger partial charge on any atom is -0.366 e. The summed E-state index contributed by atoms with van der Waals surface area (Å²) in [5.74, 6) is 0.764. The number of hydrogen-bond donors (Lipinski definition) is 0. The van der Waals surface area contributed by atoms with E-state index < -0.39 is 0 Å². The van der Waals surface area contributed by atoms with Crippen LogP contribution in [0, 0.1) is 5.82 Å². The summed E-state index contributed by atoms with van der Waals surface area (Å²) in [6.07, 6.45) is 2.95. The summed E-state index contributed by atoms with van der Waals surface area (Å²) in [5, 5.41) is 0.731. The maximum atomic E-state index is 13.9. The normalized spacial score (nSPS) is 14.2. The smallest absolute Gasteiger partial charge is 0.254 e. The lowest BCUT2D eigenvalue weighted by molar-refractivity contribution is -0.131. The number of carbonyl (C=O) groups is 1. The number of amides is 1. The number of thioether (sulfide) groups is 1. The number of piperazine rings is 1. The molecule has 2 heterocycles. The molecule has 1 fully saturated rings. The molecule has 1 aliphatic heterocycles. The van der Waals surface area contributed by atoms with Crippen molar-refractivity contribution in [2.45, 2.75) is 37.8 Å². The molecule has 0 N–H and O–H groups in total. The van der Waals surface area contributed by atoms with E-state index in [1.54, 1.807) is 41.6 Å². The topological polar surface area (TPSA) is 58.4 Å². The van der Waals surface area contributed by atoms with Crippen molar-refractivity contribution in [3.05, 3.63) is 52.2 Å². The van der Waals surface area contributed by atoms with E-state index in [2.05, 4.69) is 4.98 Å². The molecular weight excluding hydrogens is 403 g/mol. The molecule has 1 aromatic heterocycles. The number of aromatic nitrogens is 2. The van der Waals surface area contributed by atoms with E-state index in [0.717, 1.165) is 35.9 Å². The Hall–Kier alpha value is -2.35. The van der Waals surface area contributed by atoms with Crippen LogP contribution in [0.15, 0.2) is 40.3 Å². The number of aryl methyl sites for hydroxylation is 1. The number of nitrogens with zero attached hydrogens (tertiary/aromatic N) is 4. The van der Waals surface area contributed by atoms with E-state index in [9.17, 15) is 14.0 Å². The van der Waals surface area contributed by atoms with E-state index in [0.29, 0.717) is 38.3 Å². The Morgan fingerprint density at radius 1 is 1.17 bits per heavy atom. The van der Waals surface area contributed by atoms with Crippen LogP contribution in [0.5, 0.6) is 0 Å². The van der Waals surface area contributed by atoms with E-state index >= 15 is 0 Å². The summed E-state index contributed by atoms with van der Waals surface area (Å²) in [4.78, 5) is 32.8. The van der Waals surface area contributed by atoms with Crippen molar-refractivity contribution in [1.82, 2.24) is 14.5 Å². The van der Waals surface area contributed by atoms with Crippen molar-refractivity contribution < 1.29 is 9.18 Å². The number of anilines is 1. The average molecular weight is 433 g/mol. The molecule has 1 saturated heterocycles. The van der Waals surface area contributed by atoms with Crippen LogP contribution in [0.4, 0.5) is 10.1 Å². The Kier molecular flexibility index (Phi) is 7.90. The molecule has 6 nitrogen and oxygen atoms in total. The van der Waals surface area contributed by atoms with Gasteiger partial charge in [-0.2, -0.15) is 0 Å². The first-order valence-corrected chi connectivity index (χ1v) is 11.4. The van der Waals surface area contributed by atoms with Crippen LogP contribution in [0.3, 0.4) is 0 Å². The van der Waals surface area contributed by atoms with Crippen LogP contribution in [0.25, 0.3) is 0 Å². The molecule has 0 aliphatic carbocycles. The van der Waals surface area contributed by atoms with E-state index in [1.165, 1.54) is 6.07 Å². The van der Waals surface area contributed by atoms with Crippen molar-refractivity contribution in [2.24, 2.45) is 7.05 Å². The molecule has 30 heavy (non-hydrogen) atoms. The van der Waals surface area contributed by atoms with Crippen molar-refractivity contribution in [2.75, 3.05) is 36.8 Å². The zero-order valence-electron chi connectivity index (χ0n) is 17.6. The van der Waals surface area contributed by atoms with E-state index in [-0.39, 0.29) is 17.3 Å². The van der Waals surface area contributed by atoms with Gasteiger partial charge in [0, 0.05) is 57.2 Å². The maximum absolute atomic E-state index is 13.9. The zero-order chi connectivity index (χ0) is 21.5. The summed E-state index contributed by atoms with van der Waals surface area (Å²) in [6.45, 7) is 4.53. The van der Waals surface area contributed by atoms with Gasteiger partial charge in [-0.05, 0) is 31.4 Å². The van der Waals surface area contributed by atoms with E-state index in [1.807, 2.05) is 22.8 Å². The largest absolute Gasteiger partial charge is 0.366 e. The van der Waals surface area contributed by atoms with Gasteiger partial charge in [0.15, 0.2) is 5.16 Å². The SMILES string of the molecule is CCc1cc(=O)n(C)c(SCCCCC(=O)N2CCN(c3ccccc3F)CC2)n1. The lowest BCUT2D eigenvalue weighted by Gasteiger charge is -2.36. The molecule has 0 bridgehead atoms.